The number of rotatable bonds is 2. The molecule has 0 bridgehead atoms. The number of epoxide rings is 1. The average molecular weight is 116 g/mol. The lowest BCUT2D eigenvalue weighted by molar-refractivity contribution is -0.121. The monoisotopic (exact) mass is 116 g/mol. The van der Waals surface area contributed by atoms with Gasteiger partial charge in [0.1, 0.15) is 0 Å². The molecule has 0 aromatic heterocycles. The predicted octanol–water partition coefficient (Wildman–Crippen LogP) is -1.23. The molecule has 0 aromatic carbocycles. The van der Waals surface area contributed by atoms with Crippen LogP contribution >= 0.6 is 0 Å². The fourth-order valence-electron chi connectivity index (χ4n) is 0.452. The smallest absolute Gasteiger partial charge is 0.236 e. The van der Waals surface area contributed by atoms with E-state index in [1.807, 2.05) is 5.43 Å². The van der Waals surface area contributed by atoms with Gasteiger partial charge in [-0.25, -0.2) is 5.84 Å². The van der Waals surface area contributed by atoms with Gasteiger partial charge in [-0.05, 0) is 0 Å². The highest BCUT2D eigenvalue weighted by molar-refractivity contribution is 5.75. The first-order valence-electron chi connectivity index (χ1n) is 2.44. The van der Waals surface area contributed by atoms with Gasteiger partial charge in [-0.3, -0.25) is 10.2 Å². The molecule has 0 spiro atoms. The summed E-state index contributed by atoms with van der Waals surface area (Å²) in [5.74, 6) is 4.63. The molecule has 0 radical (unpaired) electrons. The van der Waals surface area contributed by atoms with E-state index in [9.17, 15) is 4.79 Å². The van der Waals surface area contributed by atoms with Crippen molar-refractivity contribution in [2.75, 3.05) is 6.61 Å². The molecule has 1 aliphatic rings. The van der Waals surface area contributed by atoms with Crippen LogP contribution < -0.4 is 11.3 Å². The van der Waals surface area contributed by atoms with E-state index in [1.54, 1.807) is 0 Å². The molecule has 1 fully saturated rings. The topological polar surface area (TPSA) is 67.6 Å². The zero-order valence-corrected chi connectivity index (χ0v) is 4.39. The van der Waals surface area contributed by atoms with Crippen LogP contribution in [0.4, 0.5) is 0 Å². The molecule has 0 aliphatic carbocycles. The number of nitrogens with two attached hydrogens (primary N) is 1. The molecule has 4 nitrogen and oxygen atoms in total. The zero-order chi connectivity index (χ0) is 5.98. The summed E-state index contributed by atoms with van der Waals surface area (Å²) in [6.45, 7) is 0.702. The first-order valence-corrected chi connectivity index (χ1v) is 2.44. The maximum atomic E-state index is 10.3. The van der Waals surface area contributed by atoms with Gasteiger partial charge in [-0.2, -0.15) is 0 Å². The highest BCUT2D eigenvalue weighted by Gasteiger charge is 2.24. The summed E-state index contributed by atoms with van der Waals surface area (Å²) >= 11 is 0. The molecule has 0 saturated carbocycles. The van der Waals surface area contributed by atoms with E-state index in [-0.39, 0.29) is 12.0 Å². The summed E-state index contributed by atoms with van der Waals surface area (Å²) in [7, 11) is 0. The largest absolute Gasteiger partial charge is 0.373 e. The number of carbonyl (C=O) groups excluding carboxylic acids is 1. The number of hydrazine groups is 1. The lowest BCUT2D eigenvalue weighted by Gasteiger charge is -1.91. The summed E-state index contributed by atoms with van der Waals surface area (Å²) in [6.07, 6.45) is 0.537. The van der Waals surface area contributed by atoms with E-state index < -0.39 is 0 Å². The van der Waals surface area contributed by atoms with Gasteiger partial charge in [-0.1, -0.05) is 0 Å². The second-order valence-corrected chi connectivity index (χ2v) is 1.73. The molecule has 1 rings (SSSR count). The third kappa shape index (κ3) is 1.48. The summed E-state index contributed by atoms with van der Waals surface area (Å²) in [4.78, 5) is 10.3. The van der Waals surface area contributed by atoms with Crippen molar-refractivity contribution in [3.63, 3.8) is 0 Å². The van der Waals surface area contributed by atoms with Crippen LogP contribution in [-0.4, -0.2) is 18.6 Å². The average Bonchev–Trinajstić information content (AvgIpc) is 2.50. The van der Waals surface area contributed by atoms with Crippen LogP contribution in [0, 0.1) is 0 Å². The molecule has 1 atom stereocenters. The molecule has 8 heavy (non-hydrogen) atoms. The normalized spacial score (nSPS) is 24.9. The van der Waals surface area contributed by atoms with Crippen molar-refractivity contribution in [3.05, 3.63) is 0 Å². The molecule has 1 amide bonds. The highest BCUT2D eigenvalue weighted by atomic mass is 16.6. The Hall–Kier alpha value is -0.610. The van der Waals surface area contributed by atoms with Crippen LogP contribution in [-0.2, 0) is 9.53 Å². The Kier molecular flexibility index (Phi) is 1.45. The number of carbonyl (C=O) groups is 1. The van der Waals surface area contributed by atoms with Crippen molar-refractivity contribution >= 4 is 5.91 Å². The highest BCUT2D eigenvalue weighted by Crippen LogP contribution is 2.11. The van der Waals surface area contributed by atoms with Crippen molar-refractivity contribution in [1.29, 1.82) is 0 Å². The van der Waals surface area contributed by atoms with Crippen molar-refractivity contribution in [3.8, 4) is 0 Å². The van der Waals surface area contributed by atoms with E-state index in [0.717, 1.165) is 0 Å². The molecular formula is C4H8N2O2. The maximum Gasteiger partial charge on any atom is 0.236 e. The van der Waals surface area contributed by atoms with Gasteiger partial charge in [0.2, 0.25) is 5.91 Å². The first-order chi connectivity index (χ1) is 3.83. The second-order valence-electron chi connectivity index (χ2n) is 1.73. The van der Waals surface area contributed by atoms with Crippen molar-refractivity contribution in [1.82, 2.24) is 5.43 Å². The minimum absolute atomic E-state index is 0.138. The number of amides is 1. The van der Waals surface area contributed by atoms with Crippen molar-refractivity contribution in [2.24, 2.45) is 5.84 Å². The summed E-state index contributed by atoms with van der Waals surface area (Å²) in [5.41, 5.74) is 2.02. The van der Waals surface area contributed by atoms with Crippen LogP contribution in [0.25, 0.3) is 0 Å². The fraction of sp³-hybridized carbons (Fsp3) is 0.750. The molecule has 1 saturated heterocycles. The van der Waals surface area contributed by atoms with Gasteiger partial charge in [0.25, 0.3) is 0 Å². The quantitative estimate of drug-likeness (QED) is 0.205. The Labute approximate surface area is 47.0 Å². The van der Waals surface area contributed by atoms with Gasteiger partial charge in [0, 0.05) is 0 Å². The van der Waals surface area contributed by atoms with E-state index in [2.05, 4.69) is 0 Å². The molecular weight excluding hydrogens is 108 g/mol. The SMILES string of the molecule is NNC(=O)CC1CO1. The number of hydrogen-bond donors (Lipinski definition) is 2. The van der Waals surface area contributed by atoms with Crippen LogP contribution in [0.15, 0.2) is 0 Å². The number of ether oxygens (including phenoxy) is 1. The Balaban J connectivity index is 2.07. The van der Waals surface area contributed by atoms with E-state index in [4.69, 9.17) is 10.6 Å². The molecule has 1 aliphatic heterocycles. The summed E-state index contributed by atoms with van der Waals surface area (Å²) < 4.78 is 4.76. The van der Waals surface area contributed by atoms with Gasteiger partial charge in [0.05, 0.1) is 19.1 Å². The maximum absolute atomic E-state index is 10.3. The van der Waals surface area contributed by atoms with Crippen molar-refractivity contribution < 1.29 is 9.53 Å². The Bertz CT molecular complexity index is 100. The summed E-state index contributed by atoms with van der Waals surface area (Å²) in [6, 6.07) is 0. The third-order valence-electron chi connectivity index (χ3n) is 0.976. The van der Waals surface area contributed by atoms with Gasteiger partial charge < -0.3 is 4.74 Å². The second kappa shape index (κ2) is 2.11. The molecule has 1 unspecified atom stereocenters. The number of hydrogen-bond acceptors (Lipinski definition) is 3. The van der Waals surface area contributed by atoms with E-state index in [1.165, 1.54) is 0 Å². The first kappa shape index (κ1) is 5.53. The van der Waals surface area contributed by atoms with Crippen LogP contribution in [0.3, 0.4) is 0 Å². The summed E-state index contributed by atoms with van der Waals surface area (Å²) in [5, 5.41) is 0. The lowest BCUT2D eigenvalue weighted by Crippen LogP contribution is -2.30. The third-order valence-corrected chi connectivity index (χ3v) is 0.976. The minimum Gasteiger partial charge on any atom is -0.373 e. The van der Waals surface area contributed by atoms with E-state index >= 15 is 0 Å². The van der Waals surface area contributed by atoms with Crippen LogP contribution in [0.2, 0.25) is 0 Å². The standard InChI is InChI=1S/C4H8N2O2/c5-6-4(7)1-3-2-8-3/h3H,1-2,5H2,(H,6,7). The zero-order valence-electron chi connectivity index (χ0n) is 4.39. The minimum atomic E-state index is -0.160. The van der Waals surface area contributed by atoms with Gasteiger partial charge >= 0.3 is 0 Å². The van der Waals surface area contributed by atoms with Gasteiger partial charge in [0.15, 0.2) is 0 Å². The molecule has 1 heterocycles. The van der Waals surface area contributed by atoms with E-state index in [0.29, 0.717) is 13.0 Å². The molecule has 4 heteroatoms. The van der Waals surface area contributed by atoms with Crippen molar-refractivity contribution in [2.45, 2.75) is 12.5 Å². The van der Waals surface area contributed by atoms with Gasteiger partial charge in [-0.15, -0.1) is 0 Å². The molecule has 0 aromatic rings. The van der Waals surface area contributed by atoms with Crippen LogP contribution in [0.1, 0.15) is 6.42 Å². The predicted molar refractivity (Wildman–Crippen MR) is 26.7 cm³/mol. The Morgan fingerprint density at radius 1 is 2.00 bits per heavy atom. The lowest BCUT2D eigenvalue weighted by atomic mass is 10.3. The van der Waals surface area contributed by atoms with Crippen LogP contribution in [0.5, 0.6) is 0 Å². The number of nitrogens with one attached hydrogen (secondary N) is 1. The fourth-order valence-corrected chi connectivity index (χ4v) is 0.452. The Morgan fingerprint density at radius 3 is 3.00 bits per heavy atom. The Morgan fingerprint density at radius 2 is 2.62 bits per heavy atom. The molecule has 3 N–H and O–H groups in total. The molecule has 46 valence electrons.